The summed E-state index contributed by atoms with van der Waals surface area (Å²) in [5.41, 5.74) is 0.407. The molecule has 0 bridgehead atoms. The van der Waals surface area contributed by atoms with Crippen LogP contribution in [-0.2, 0) is 0 Å². The van der Waals surface area contributed by atoms with Gasteiger partial charge in [0.2, 0.25) is 0 Å². The Balaban J connectivity index is 2.14. The Bertz CT molecular complexity index is 388. The molecule has 0 saturated carbocycles. The highest BCUT2D eigenvalue weighted by Crippen LogP contribution is 2.28. The molecule has 0 saturated heterocycles. The summed E-state index contributed by atoms with van der Waals surface area (Å²) in [6, 6.07) is 4.83. The maximum atomic E-state index is 10.8. The third kappa shape index (κ3) is 6.09. The van der Waals surface area contributed by atoms with Gasteiger partial charge in [-0.3, -0.25) is 4.79 Å². The molecular formula is C17H26O3. The summed E-state index contributed by atoms with van der Waals surface area (Å²) < 4.78 is 5.52. The van der Waals surface area contributed by atoms with Gasteiger partial charge in [-0.1, -0.05) is 57.9 Å². The second kappa shape index (κ2) is 10.3. The summed E-state index contributed by atoms with van der Waals surface area (Å²) >= 11 is 0. The van der Waals surface area contributed by atoms with E-state index in [1.165, 1.54) is 44.6 Å². The quantitative estimate of drug-likeness (QED) is 0.470. The van der Waals surface area contributed by atoms with Gasteiger partial charge >= 0.3 is 0 Å². The van der Waals surface area contributed by atoms with Crippen LogP contribution in [0.25, 0.3) is 0 Å². The average Bonchev–Trinajstić information content (AvgIpc) is 2.46. The van der Waals surface area contributed by atoms with Crippen molar-refractivity contribution in [2.45, 2.75) is 58.3 Å². The molecule has 0 fully saturated rings. The largest absolute Gasteiger partial charge is 0.504 e. The van der Waals surface area contributed by atoms with Crippen molar-refractivity contribution >= 4 is 6.29 Å². The number of phenolic OH excluding ortho intramolecular Hbond substituents is 1. The second-order valence-electron chi connectivity index (χ2n) is 5.14. The van der Waals surface area contributed by atoms with Crippen molar-refractivity contribution in [2.75, 3.05) is 6.61 Å². The van der Waals surface area contributed by atoms with Crippen LogP contribution < -0.4 is 4.74 Å². The van der Waals surface area contributed by atoms with Gasteiger partial charge in [-0.2, -0.15) is 0 Å². The Morgan fingerprint density at radius 2 is 1.70 bits per heavy atom. The topological polar surface area (TPSA) is 46.5 Å². The third-order valence-corrected chi connectivity index (χ3v) is 3.40. The molecule has 0 aliphatic heterocycles. The molecular weight excluding hydrogens is 252 g/mol. The van der Waals surface area contributed by atoms with Crippen LogP contribution in [-0.4, -0.2) is 18.0 Å². The van der Waals surface area contributed by atoms with Gasteiger partial charge in [0.05, 0.1) is 12.2 Å². The van der Waals surface area contributed by atoms with E-state index < -0.39 is 0 Å². The zero-order valence-electron chi connectivity index (χ0n) is 12.4. The van der Waals surface area contributed by atoms with E-state index in [9.17, 15) is 9.90 Å². The fourth-order valence-electron chi connectivity index (χ4n) is 2.20. The molecule has 0 atom stereocenters. The van der Waals surface area contributed by atoms with Crippen molar-refractivity contribution in [3.63, 3.8) is 0 Å². The van der Waals surface area contributed by atoms with Crippen molar-refractivity contribution in [3.8, 4) is 11.5 Å². The molecule has 3 nitrogen and oxygen atoms in total. The molecule has 1 aromatic carbocycles. The van der Waals surface area contributed by atoms with Crippen LogP contribution in [0.3, 0.4) is 0 Å². The number of hydrogen-bond acceptors (Lipinski definition) is 3. The molecule has 0 amide bonds. The molecule has 20 heavy (non-hydrogen) atoms. The molecule has 0 spiro atoms. The van der Waals surface area contributed by atoms with E-state index in [0.717, 1.165) is 12.8 Å². The Morgan fingerprint density at radius 3 is 2.35 bits per heavy atom. The Labute approximate surface area is 122 Å². The number of phenols is 1. The number of hydrogen-bond donors (Lipinski definition) is 1. The second-order valence-corrected chi connectivity index (χ2v) is 5.14. The highest BCUT2D eigenvalue weighted by Gasteiger charge is 2.07. The average molecular weight is 278 g/mol. The smallest absolute Gasteiger partial charge is 0.171 e. The maximum absolute atomic E-state index is 10.8. The predicted molar refractivity (Wildman–Crippen MR) is 81.6 cm³/mol. The fraction of sp³-hybridized carbons (Fsp3) is 0.588. The highest BCUT2D eigenvalue weighted by atomic mass is 16.5. The monoisotopic (exact) mass is 278 g/mol. The minimum absolute atomic E-state index is 0.0363. The van der Waals surface area contributed by atoms with Crippen molar-refractivity contribution in [2.24, 2.45) is 0 Å². The number of ether oxygens (including phenoxy) is 1. The molecule has 1 aromatic rings. The molecule has 3 heteroatoms. The van der Waals surface area contributed by atoms with Crippen LogP contribution in [0.4, 0.5) is 0 Å². The molecule has 0 aliphatic rings. The first-order chi connectivity index (χ1) is 9.79. The number of benzene rings is 1. The SMILES string of the molecule is CCCCCCCCCCOc1c(O)cccc1C=O. The number of carbonyl (C=O) groups is 1. The van der Waals surface area contributed by atoms with E-state index in [4.69, 9.17) is 4.74 Å². The zero-order chi connectivity index (χ0) is 14.6. The number of para-hydroxylation sites is 1. The minimum atomic E-state index is 0.0363. The van der Waals surface area contributed by atoms with Crippen molar-refractivity contribution in [1.29, 1.82) is 0 Å². The normalized spacial score (nSPS) is 10.4. The minimum Gasteiger partial charge on any atom is -0.504 e. The first-order valence-electron chi connectivity index (χ1n) is 7.69. The van der Waals surface area contributed by atoms with Crippen molar-refractivity contribution in [1.82, 2.24) is 0 Å². The van der Waals surface area contributed by atoms with Crippen LogP contribution in [0, 0.1) is 0 Å². The van der Waals surface area contributed by atoms with Crippen molar-refractivity contribution in [3.05, 3.63) is 23.8 Å². The van der Waals surface area contributed by atoms with Gasteiger partial charge in [0, 0.05) is 0 Å². The van der Waals surface area contributed by atoms with E-state index in [0.29, 0.717) is 24.2 Å². The zero-order valence-corrected chi connectivity index (χ0v) is 12.4. The lowest BCUT2D eigenvalue weighted by Crippen LogP contribution is -2.00. The van der Waals surface area contributed by atoms with Gasteiger partial charge in [0.25, 0.3) is 0 Å². The number of aldehydes is 1. The molecule has 0 aliphatic carbocycles. The van der Waals surface area contributed by atoms with Gasteiger partial charge in [-0.25, -0.2) is 0 Å². The molecule has 1 rings (SSSR count). The maximum Gasteiger partial charge on any atom is 0.171 e. The number of rotatable bonds is 11. The summed E-state index contributed by atoms with van der Waals surface area (Å²) in [6.07, 6.45) is 10.6. The first-order valence-corrected chi connectivity index (χ1v) is 7.69. The first kappa shape index (κ1) is 16.5. The van der Waals surface area contributed by atoms with Gasteiger partial charge in [0.1, 0.15) is 0 Å². The van der Waals surface area contributed by atoms with E-state index in [-0.39, 0.29) is 5.75 Å². The van der Waals surface area contributed by atoms with Gasteiger partial charge < -0.3 is 9.84 Å². The molecule has 0 heterocycles. The standard InChI is InChI=1S/C17H26O3/c1-2-3-4-5-6-7-8-9-13-20-17-15(14-18)11-10-12-16(17)19/h10-12,14,19H,2-9,13H2,1H3. The van der Waals surface area contributed by atoms with Crippen LogP contribution in [0.5, 0.6) is 11.5 Å². The van der Waals surface area contributed by atoms with Gasteiger partial charge in [-0.15, -0.1) is 0 Å². The molecule has 112 valence electrons. The number of unbranched alkanes of at least 4 members (excludes halogenated alkanes) is 7. The highest BCUT2D eigenvalue weighted by molar-refractivity contribution is 5.80. The van der Waals surface area contributed by atoms with Crippen LogP contribution in [0.1, 0.15) is 68.6 Å². The summed E-state index contributed by atoms with van der Waals surface area (Å²) in [7, 11) is 0. The lowest BCUT2D eigenvalue weighted by Gasteiger charge is -2.09. The molecule has 1 N–H and O–H groups in total. The fourth-order valence-corrected chi connectivity index (χ4v) is 2.20. The molecule has 0 radical (unpaired) electrons. The molecule has 0 unspecified atom stereocenters. The summed E-state index contributed by atoms with van der Waals surface area (Å²) in [4.78, 5) is 10.8. The Hall–Kier alpha value is -1.51. The van der Waals surface area contributed by atoms with Gasteiger partial charge in [-0.05, 0) is 18.6 Å². The van der Waals surface area contributed by atoms with Crippen LogP contribution >= 0.6 is 0 Å². The summed E-state index contributed by atoms with van der Waals surface area (Å²) in [5, 5.41) is 9.66. The lowest BCUT2D eigenvalue weighted by atomic mass is 10.1. The molecule has 0 aromatic heterocycles. The predicted octanol–water partition coefficient (Wildman–Crippen LogP) is 4.72. The van der Waals surface area contributed by atoms with E-state index in [2.05, 4.69) is 6.92 Å². The summed E-state index contributed by atoms with van der Waals surface area (Å²) in [5.74, 6) is 0.347. The van der Waals surface area contributed by atoms with Crippen LogP contribution in [0.15, 0.2) is 18.2 Å². The summed E-state index contributed by atoms with van der Waals surface area (Å²) in [6.45, 7) is 2.78. The third-order valence-electron chi connectivity index (χ3n) is 3.40. The Kier molecular flexibility index (Phi) is 8.52. The van der Waals surface area contributed by atoms with E-state index >= 15 is 0 Å². The van der Waals surface area contributed by atoms with Crippen LogP contribution in [0.2, 0.25) is 0 Å². The van der Waals surface area contributed by atoms with E-state index in [1.807, 2.05) is 0 Å². The van der Waals surface area contributed by atoms with Gasteiger partial charge in [0.15, 0.2) is 17.8 Å². The Morgan fingerprint density at radius 1 is 1.05 bits per heavy atom. The number of carbonyl (C=O) groups excluding carboxylic acids is 1. The number of aromatic hydroxyl groups is 1. The lowest BCUT2D eigenvalue weighted by molar-refractivity contribution is 0.111. The van der Waals surface area contributed by atoms with Crippen molar-refractivity contribution < 1.29 is 14.6 Å². The van der Waals surface area contributed by atoms with E-state index in [1.54, 1.807) is 12.1 Å².